The number of hydrogen-bond acceptors (Lipinski definition) is 2. The molecule has 0 aliphatic heterocycles. The van der Waals surface area contributed by atoms with Gasteiger partial charge in [-0.15, -0.1) is 0 Å². The Labute approximate surface area is 99.9 Å². The van der Waals surface area contributed by atoms with Crippen molar-refractivity contribution in [1.29, 1.82) is 0 Å². The first-order chi connectivity index (χ1) is 8.27. The van der Waals surface area contributed by atoms with Crippen molar-refractivity contribution >= 4 is 11.6 Å². The third-order valence-corrected chi connectivity index (χ3v) is 2.51. The van der Waals surface area contributed by atoms with Gasteiger partial charge in [0.25, 0.3) is 0 Å². The van der Waals surface area contributed by atoms with Crippen LogP contribution in [0.5, 0.6) is 0 Å². The maximum absolute atomic E-state index is 11.8. The highest BCUT2D eigenvalue weighted by Gasteiger charge is 2.12. The summed E-state index contributed by atoms with van der Waals surface area (Å²) in [6.07, 6.45) is -0.0754. The molecule has 2 heteroatoms. The minimum atomic E-state index is -0.139. The zero-order chi connectivity index (χ0) is 12.1. The highest BCUT2D eigenvalue weighted by Crippen LogP contribution is 2.08. The number of benzene rings is 2. The molecule has 0 atom stereocenters. The van der Waals surface area contributed by atoms with Crippen LogP contribution >= 0.6 is 0 Å². The summed E-state index contributed by atoms with van der Waals surface area (Å²) in [6, 6.07) is 17.7. The maximum Gasteiger partial charge on any atom is 0.170 e. The van der Waals surface area contributed by atoms with Crippen molar-refractivity contribution in [1.82, 2.24) is 0 Å². The van der Waals surface area contributed by atoms with E-state index < -0.39 is 0 Å². The fraction of sp³-hybridized carbons (Fsp3) is 0.0667. The van der Waals surface area contributed by atoms with E-state index in [1.807, 2.05) is 12.1 Å². The van der Waals surface area contributed by atoms with Crippen molar-refractivity contribution in [2.45, 2.75) is 6.42 Å². The van der Waals surface area contributed by atoms with Gasteiger partial charge in [0.15, 0.2) is 11.6 Å². The van der Waals surface area contributed by atoms with E-state index >= 15 is 0 Å². The van der Waals surface area contributed by atoms with E-state index in [1.165, 1.54) is 0 Å². The molecule has 2 nitrogen and oxygen atoms in total. The Morgan fingerprint density at radius 3 is 1.35 bits per heavy atom. The third kappa shape index (κ3) is 2.88. The second-order valence-corrected chi connectivity index (χ2v) is 3.76. The molecule has 0 spiro atoms. The summed E-state index contributed by atoms with van der Waals surface area (Å²) < 4.78 is 0. The van der Waals surface area contributed by atoms with E-state index in [0.29, 0.717) is 11.1 Å². The lowest BCUT2D eigenvalue weighted by molar-refractivity contribution is 0.0894. The fourth-order valence-corrected chi connectivity index (χ4v) is 1.60. The fourth-order valence-electron chi connectivity index (χ4n) is 1.60. The molecule has 0 unspecified atom stereocenters. The molecule has 0 heterocycles. The molecule has 84 valence electrons. The van der Waals surface area contributed by atoms with E-state index in [2.05, 4.69) is 0 Å². The number of carbonyl (C=O) groups is 2. The second-order valence-electron chi connectivity index (χ2n) is 3.76. The SMILES string of the molecule is O=C(C[13C](=O)c1ccccc1)c1ccccc1. The summed E-state index contributed by atoms with van der Waals surface area (Å²) in [5.41, 5.74) is 1.16. The molecule has 17 heavy (non-hydrogen) atoms. The van der Waals surface area contributed by atoms with E-state index in [1.54, 1.807) is 48.5 Å². The van der Waals surface area contributed by atoms with E-state index in [4.69, 9.17) is 0 Å². The Bertz CT molecular complexity index is 466. The largest absolute Gasteiger partial charge is 0.294 e. The topological polar surface area (TPSA) is 34.1 Å². The Kier molecular flexibility index (Phi) is 3.46. The normalized spacial score (nSPS) is 9.88. The lowest BCUT2D eigenvalue weighted by atomic mass is 10.1. The van der Waals surface area contributed by atoms with Crippen LogP contribution in [0.4, 0.5) is 0 Å². The van der Waals surface area contributed by atoms with Gasteiger partial charge in [-0.05, 0) is 0 Å². The molecule has 0 bridgehead atoms. The van der Waals surface area contributed by atoms with Crippen LogP contribution in [0.15, 0.2) is 60.7 Å². The molecule has 0 N–H and O–H groups in total. The lowest BCUT2D eigenvalue weighted by Gasteiger charge is -2.00. The highest BCUT2D eigenvalue weighted by atomic mass is 16.2. The van der Waals surface area contributed by atoms with Gasteiger partial charge in [-0.1, -0.05) is 60.7 Å². The minimum Gasteiger partial charge on any atom is -0.294 e. The van der Waals surface area contributed by atoms with Gasteiger partial charge < -0.3 is 0 Å². The first kappa shape index (κ1) is 11.3. The lowest BCUT2D eigenvalue weighted by Crippen LogP contribution is -2.08. The predicted molar refractivity (Wildman–Crippen MR) is 66.2 cm³/mol. The monoisotopic (exact) mass is 225 g/mol. The van der Waals surface area contributed by atoms with Crippen LogP contribution in [0.2, 0.25) is 0 Å². The molecule has 0 saturated carbocycles. The zero-order valence-electron chi connectivity index (χ0n) is 9.30. The van der Waals surface area contributed by atoms with Crippen molar-refractivity contribution in [3.8, 4) is 0 Å². The van der Waals surface area contributed by atoms with E-state index in [0.717, 1.165) is 0 Å². The van der Waals surface area contributed by atoms with Gasteiger partial charge in [-0.2, -0.15) is 0 Å². The van der Waals surface area contributed by atoms with Crippen LogP contribution in [-0.2, 0) is 0 Å². The van der Waals surface area contributed by atoms with Gasteiger partial charge in [0.2, 0.25) is 0 Å². The predicted octanol–water partition coefficient (Wildman–Crippen LogP) is 3.14. The van der Waals surface area contributed by atoms with Gasteiger partial charge in [-0.3, -0.25) is 9.59 Å². The maximum atomic E-state index is 11.8. The molecule has 0 aliphatic carbocycles. The second kappa shape index (κ2) is 5.21. The van der Waals surface area contributed by atoms with Crippen molar-refractivity contribution in [3.05, 3.63) is 71.8 Å². The number of rotatable bonds is 4. The molecule has 0 amide bonds. The summed E-state index contributed by atoms with van der Waals surface area (Å²) in [6.45, 7) is 0. The van der Waals surface area contributed by atoms with Gasteiger partial charge in [-0.25, -0.2) is 0 Å². The Hall–Kier alpha value is -2.22. The van der Waals surface area contributed by atoms with Crippen molar-refractivity contribution in [2.24, 2.45) is 0 Å². The van der Waals surface area contributed by atoms with Gasteiger partial charge in [0.1, 0.15) is 0 Å². The number of hydrogen-bond donors (Lipinski definition) is 0. The average molecular weight is 225 g/mol. The summed E-state index contributed by atoms with van der Waals surface area (Å²) in [5.74, 6) is -0.279. The first-order valence-electron chi connectivity index (χ1n) is 5.44. The Morgan fingerprint density at radius 1 is 0.647 bits per heavy atom. The molecule has 2 aromatic carbocycles. The van der Waals surface area contributed by atoms with Crippen molar-refractivity contribution in [2.75, 3.05) is 0 Å². The smallest absolute Gasteiger partial charge is 0.170 e. The molecule has 0 fully saturated rings. The number of carbonyl (C=O) groups excluding carboxylic acids is 2. The van der Waals surface area contributed by atoms with Gasteiger partial charge in [0.05, 0.1) is 6.42 Å². The van der Waals surface area contributed by atoms with Crippen LogP contribution in [0.25, 0.3) is 0 Å². The standard InChI is InChI=1S/C15H12O2/c16-14(12-7-3-1-4-8-12)11-15(17)13-9-5-2-6-10-13/h1-10H,11H2/i14+1. The molecule has 2 rings (SSSR count). The highest BCUT2D eigenvalue weighted by molar-refractivity contribution is 6.13. The quantitative estimate of drug-likeness (QED) is 0.455. The summed E-state index contributed by atoms with van der Waals surface area (Å²) in [7, 11) is 0. The van der Waals surface area contributed by atoms with Crippen LogP contribution in [0, 0.1) is 0 Å². The third-order valence-electron chi connectivity index (χ3n) is 2.51. The minimum absolute atomic E-state index is 0.0754. The summed E-state index contributed by atoms with van der Waals surface area (Å²) in [4.78, 5) is 23.6. The van der Waals surface area contributed by atoms with Crippen LogP contribution in [0.3, 0.4) is 0 Å². The first-order valence-corrected chi connectivity index (χ1v) is 5.44. The van der Waals surface area contributed by atoms with E-state index in [9.17, 15) is 9.59 Å². The number of ketones is 2. The van der Waals surface area contributed by atoms with Gasteiger partial charge >= 0.3 is 0 Å². The summed E-state index contributed by atoms with van der Waals surface area (Å²) in [5, 5.41) is 0. The van der Waals surface area contributed by atoms with Crippen LogP contribution < -0.4 is 0 Å². The Morgan fingerprint density at radius 2 is 1.00 bits per heavy atom. The Balaban J connectivity index is 2.08. The van der Waals surface area contributed by atoms with Crippen LogP contribution in [-0.4, -0.2) is 11.6 Å². The van der Waals surface area contributed by atoms with Crippen LogP contribution in [0.1, 0.15) is 27.1 Å². The van der Waals surface area contributed by atoms with Gasteiger partial charge in [0, 0.05) is 11.1 Å². The molecule has 0 saturated heterocycles. The molecule has 2 aromatic rings. The average Bonchev–Trinajstić information content (AvgIpc) is 2.40. The molecular formula is C15H12O2. The zero-order valence-corrected chi connectivity index (χ0v) is 9.30. The molecule has 0 aliphatic rings. The number of Topliss-reactive ketones (excluding diaryl/α,β-unsaturated/α-hetero) is 2. The van der Waals surface area contributed by atoms with E-state index in [-0.39, 0.29) is 18.0 Å². The van der Waals surface area contributed by atoms with Crippen molar-refractivity contribution in [3.63, 3.8) is 0 Å². The molecule has 0 radical (unpaired) electrons. The summed E-state index contributed by atoms with van der Waals surface area (Å²) >= 11 is 0. The van der Waals surface area contributed by atoms with Crippen molar-refractivity contribution < 1.29 is 9.59 Å². The molecule has 0 aromatic heterocycles. The molecular weight excluding hydrogens is 213 g/mol.